The Morgan fingerprint density at radius 2 is 1.91 bits per heavy atom. The zero-order chi connectivity index (χ0) is 8.06. The van der Waals surface area contributed by atoms with Crippen LogP contribution in [0.25, 0.3) is 0 Å². The molecule has 3 unspecified atom stereocenters. The fourth-order valence-corrected chi connectivity index (χ4v) is 2.87. The molecule has 0 aromatic carbocycles. The SMILES string of the molecule is CCC1CCC1C1CC1(C)C. The molecule has 11 heavy (non-hydrogen) atoms. The molecular weight excluding hydrogens is 132 g/mol. The second kappa shape index (κ2) is 2.24. The number of rotatable bonds is 2. The average Bonchev–Trinajstić information content (AvgIpc) is 2.38. The third-order valence-corrected chi connectivity index (χ3v) is 4.11. The molecule has 2 rings (SSSR count). The van der Waals surface area contributed by atoms with Crippen LogP contribution in [0.2, 0.25) is 0 Å². The highest BCUT2D eigenvalue weighted by Crippen LogP contribution is 2.62. The highest BCUT2D eigenvalue weighted by atomic mass is 14.6. The van der Waals surface area contributed by atoms with Crippen molar-refractivity contribution in [3.05, 3.63) is 0 Å². The van der Waals surface area contributed by atoms with Gasteiger partial charge in [-0.2, -0.15) is 0 Å². The standard InChI is InChI=1S/C11H20/c1-4-8-5-6-9(8)10-7-11(10,2)3/h8-10H,4-7H2,1-3H3. The van der Waals surface area contributed by atoms with Gasteiger partial charge in [0.1, 0.15) is 0 Å². The number of hydrogen-bond acceptors (Lipinski definition) is 0. The zero-order valence-electron chi connectivity index (χ0n) is 8.06. The van der Waals surface area contributed by atoms with Crippen molar-refractivity contribution in [2.45, 2.75) is 46.5 Å². The maximum atomic E-state index is 2.43. The normalized spacial score (nSPS) is 46.6. The molecule has 0 nitrogen and oxygen atoms in total. The van der Waals surface area contributed by atoms with Gasteiger partial charge in [0.2, 0.25) is 0 Å². The summed E-state index contributed by atoms with van der Waals surface area (Å²) in [6.07, 6.45) is 5.99. The highest BCUT2D eigenvalue weighted by Gasteiger charge is 2.53. The van der Waals surface area contributed by atoms with E-state index >= 15 is 0 Å². The van der Waals surface area contributed by atoms with Crippen LogP contribution < -0.4 is 0 Å². The van der Waals surface area contributed by atoms with Crippen molar-refractivity contribution in [2.24, 2.45) is 23.2 Å². The summed E-state index contributed by atoms with van der Waals surface area (Å²) in [5.41, 5.74) is 0.721. The first-order valence-electron chi connectivity index (χ1n) is 5.15. The first-order valence-corrected chi connectivity index (χ1v) is 5.15. The van der Waals surface area contributed by atoms with E-state index in [2.05, 4.69) is 20.8 Å². The zero-order valence-corrected chi connectivity index (χ0v) is 8.06. The Balaban J connectivity index is 1.89. The fraction of sp³-hybridized carbons (Fsp3) is 1.00. The first kappa shape index (κ1) is 7.64. The van der Waals surface area contributed by atoms with E-state index in [1.54, 1.807) is 0 Å². The quantitative estimate of drug-likeness (QED) is 0.568. The molecule has 0 heteroatoms. The molecule has 3 atom stereocenters. The van der Waals surface area contributed by atoms with E-state index in [9.17, 15) is 0 Å². The molecule has 2 saturated carbocycles. The Kier molecular flexibility index (Phi) is 1.56. The van der Waals surface area contributed by atoms with Crippen LogP contribution in [-0.2, 0) is 0 Å². The molecular formula is C11H20. The molecule has 0 aromatic rings. The second-order valence-corrected chi connectivity index (χ2v) is 5.21. The van der Waals surface area contributed by atoms with Gasteiger partial charge in [0.25, 0.3) is 0 Å². The Labute approximate surface area is 70.4 Å². The van der Waals surface area contributed by atoms with Crippen LogP contribution in [0.15, 0.2) is 0 Å². The van der Waals surface area contributed by atoms with Crippen molar-refractivity contribution in [1.82, 2.24) is 0 Å². The molecule has 2 aliphatic rings. The molecule has 64 valence electrons. The summed E-state index contributed by atoms with van der Waals surface area (Å²) in [7, 11) is 0. The minimum absolute atomic E-state index is 0.721. The van der Waals surface area contributed by atoms with Crippen molar-refractivity contribution in [2.75, 3.05) is 0 Å². The maximum absolute atomic E-state index is 2.43. The van der Waals surface area contributed by atoms with Gasteiger partial charge in [0.05, 0.1) is 0 Å². The van der Waals surface area contributed by atoms with Crippen LogP contribution >= 0.6 is 0 Å². The smallest absolute Gasteiger partial charge is 0.0320 e. The average molecular weight is 152 g/mol. The van der Waals surface area contributed by atoms with Gasteiger partial charge >= 0.3 is 0 Å². The summed E-state index contributed by atoms with van der Waals surface area (Å²) < 4.78 is 0. The van der Waals surface area contributed by atoms with Crippen LogP contribution in [0.3, 0.4) is 0 Å². The van der Waals surface area contributed by atoms with Crippen LogP contribution in [-0.4, -0.2) is 0 Å². The summed E-state index contributed by atoms with van der Waals surface area (Å²) in [4.78, 5) is 0. The van der Waals surface area contributed by atoms with Crippen molar-refractivity contribution < 1.29 is 0 Å². The van der Waals surface area contributed by atoms with Gasteiger partial charge in [-0.05, 0) is 42.4 Å². The molecule has 0 heterocycles. The predicted molar refractivity (Wildman–Crippen MR) is 48.4 cm³/mol. The van der Waals surface area contributed by atoms with Gasteiger partial charge < -0.3 is 0 Å². The summed E-state index contributed by atoms with van der Waals surface area (Å²) in [6.45, 7) is 7.22. The Hall–Kier alpha value is 0. The third kappa shape index (κ3) is 1.11. The summed E-state index contributed by atoms with van der Waals surface area (Å²) in [5, 5.41) is 0. The molecule has 0 N–H and O–H groups in total. The highest BCUT2D eigenvalue weighted by molar-refractivity contribution is 5.03. The van der Waals surface area contributed by atoms with E-state index in [4.69, 9.17) is 0 Å². The predicted octanol–water partition coefficient (Wildman–Crippen LogP) is 3.47. The lowest BCUT2D eigenvalue weighted by atomic mass is 9.68. The molecule has 0 saturated heterocycles. The fourth-order valence-electron chi connectivity index (χ4n) is 2.87. The first-order chi connectivity index (χ1) is 5.15. The molecule has 0 bridgehead atoms. The summed E-state index contributed by atoms with van der Waals surface area (Å²) >= 11 is 0. The lowest BCUT2D eigenvalue weighted by Crippen LogP contribution is -2.28. The van der Waals surface area contributed by atoms with E-state index in [-0.39, 0.29) is 0 Å². The van der Waals surface area contributed by atoms with Crippen LogP contribution in [0, 0.1) is 23.2 Å². The molecule has 0 radical (unpaired) electrons. The molecule has 0 amide bonds. The van der Waals surface area contributed by atoms with E-state index in [1.807, 2.05) is 0 Å². The van der Waals surface area contributed by atoms with Crippen molar-refractivity contribution in [3.63, 3.8) is 0 Å². The van der Waals surface area contributed by atoms with Crippen LogP contribution in [0.4, 0.5) is 0 Å². The van der Waals surface area contributed by atoms with Gasteiger partial charge in [-0.3, -0.25) is 0 Å². The summed E-state index contributed by atoms with van der Waals surface area (Å²) in [5.74, 6) is 3.32. The third-order valence-electron chi connectivity index (χ3n) is 4.11. The maximum Gasteiger partial charge on any atom is -0.0320 e. The monoisotopic (exact) mass is 152 g/mol. The Morgan fingerprint density at radius 1 is 1.27 bits per heavy atom. The lowest BCUT2D eigenvalue weighted by Gasteiger charge is -2.37. The molecule has 2 fully saturated rings. The van der Waals surface area contributed by atoms with Gasteiger partial charge in [-0.1, -0.05) is 27.2 Å². The second-order valence-electron chi connectivity index (χ2n) is 5.21. The van der Waals surface area contributed by atoms with Crippen molar-refractivity contribution >= 4 is 0 Å². The molecule has 0 aromatic heterocycles. The van der Waals surface area contributed by atoms with Crippen molar-refractivity contribution in [1.29, 1.82) is 0 Å². The largest absolute Gasteiger partial charge is 0.0651 e. The van der Waals surface area contributed by atoms with E-state index in [0.29, 0.717) is 0 Å². The van der Waals surface area contributed by atoms with Gasteiger partial charge in [0.15, 0.2) is 0 Å². The summed E-state index contributed by atoms with van der Waals surface area (Å²) in [6, 6.07) is 0. The molecule has 2 aliphatic carbocycles. The van der Waals surface area contributed by atoms with E-state index < -0.39 is 0 Å². The minimum Gasteiger partial charge on any atom is -0.0651 e. The topological polar surface area (TPSA) is 0 Å². The Bertz CT molecular complexity index is 155. The van der Waals surface area contributed by atoms with Gasteiger partial charge in [0, 0.05) is 0 Å². The van der Waals surface area contributed by atoms with Crippen molar-refractivity contribution in [3.8, 4) is 0 Å². The molecule has 0 aliphatic heterocycles. The van der Waals surface area contributed by atoms with Gasteiger partial charge in [-0.25, -0.2) is 0 Å². The van der Waals surface area contributed by atoms with E-state index in [1.165, 1.54) is 25.7 Å². The van der Waals surface area contributed by atoms with Gasteiger partial charge in [-0.15, -0.1) is 0 Å². The minimum atomic E-state index is 0.721. The van der Waals surface area contributed by atoms with Crippen LogP contribution in [0.5, 0.6) is 0 Å². The van der Waals surface area contributed by atoms with Crippen LogP contribution in [0.1, 0.15) is 46.5 Å². The Morgan fingerprint density at radius 3 is 2.18 bits per heavy atom. The molecule has 0 spiro atoms. The van der Waals surface area contributed by atoms with E-state index in [0.717, 1.165) is 23.2 Å². The number of hydrogen-bond donors (Lipinski definition) is 0. The lowest BCUT2D eigenvalue weighted by molar-refractivity contribution is 0.129.